The largest absolute Gasteiger partial charge is 0.453 e. The lowest BCUT2D eigenvalue weighted by Crippen LogP contribution is -1.98. The van der Waals surface area contributed by atoms with E-state index in [1.165, 1.54) is 13.0 Å². The van der Waals surface area contributed by atoms with Crippen molar-refractivity contribution in [2.75, 3.05) is 0 Å². The third-order valence-electron chi connectivity index (χ3n) is 3.33. The Balaban J connectivity index is 2.59. The van der Waals surface area contributed by atoms with Crippen LogP contribution in [0.25, 0.3) is 21.9 Å². The van der Waals surface area contributed by atoms with Gasteiger partial charge in [0.25, 0.3) is 0 Å². The number of carbonyl (C=O) groups is 1. The highest BCUT2D eigenvalue weighted by atomic mass is 16.4. The molecule has 0 N–H and O–H groups in total. The summed E-state index contributed by atoms with van der Waals surface area (Å²) < 4.78 is 10.8. The maximum absolute atomic E-state index is 11.5. The Morgan fingerprint density at radius 3 is 2.58 bits per heavy atom. The predicted octanol–water partition coefficient (Wildman–Crippen LogP) is 3.36. The highest BCUT2D eigenvalue weighted by Crippen LogP contribution is 2.32. The van der Waals surface area contributed by atoms with Crippen LogP contribution in [0.2, 0.25) is 0 Å². The monoisotopic (exact) mass is 256 g/mol. The van der Waals surface area contributed by atoms with Gasteiger partial charge in [0.15, 0.2) is 11.5 Å². The van der Waals surface area contributed by atoms with Crippen molar-refractivity contribution in [3.8, 4) is 0 Å². The van der Waals surface area contributed by atoms with Crippen LogP contribution in [0.15, 0.2) is 31.8 Å². The first-order valence-electron chi connectivity index (χ1n) is 5.96. The lowest BCUT2D eigenvalue weighted by atomic mass is 10.1. The van der Waals surface area contributed by atoms with Crippen LogP contribution in [0.4, 0.5) is 0 Å². The van der Waals surface area contributed by atoms with Crippen molar-refractivity contribution in [1.82, 2.24) is 0 Å². The number of Topliss-reactive ketones (excluding diaryl/α,β-unsaturated/α-hetero) is 1. The van der Waals surface area contributed by atoms with Crippen LogP contribution in [-0.2, 0) is 0 Å². The quantitative estimate of drug-likeness (QED) is 0.494. The summed E-state index contributed by atoms with van der Waals surface area (Å²) >= 11 is 0. The maximum Gasteiger partial charge on any atom is 0.336 e. The minimum absolute atomic E-state index is 0.142. The van der Waals surface area contributed by atoms with E-state index in [2.05, 4.69) is 0 Å². The third-order valence-corrected chi connectivity index (χ3v) is 3.33. The van der Waals surface area contributed by atoms with Gasteiger partial charge in [-0.25, -0.2) is 4.79 Å². The highest BCUT2D eigenvalue weighted by Gasteiger charge is 2.18. The molecule has 19 heavy (non-hydrogen) atoms. The van der Waals surface area contributed by atoms with Crippen LogP contribution in [0.1, 0.15) is 28.6 Å². The van der Waals surface area contributed by atoms with Gasteiger partial charge in [-0.1, -0.05) is 0 Å². The number of carbonyl (C=O) groups excluding carboxylic acids is 1. The van der Waals surface area contributed by atoms with Crippen LogP contribution in [0, 0.1) is 13.8 Å². The minimum atomic E-state index is -0.400. The van der Waals surface area contributed by atoms with Gasteiger partial charge in [-0.3, -0.25) is 4.79 Å². The molecule has 3 aromatic rings. The second kappa shape index (κ2) is 3.82. The molecule has 0 aliphatic heterocycles. The molecule has 0 spiro atoms. The molecule has 2 aromatic heterocycles. The normalized spacial score (nSPS) is 11.3. The number of fused-ring (bicyclic) bond motifs is 3. The van der Waals surface area contributed by atoms with Crippen molar-refractivity contribution in [2.24, 2.45) is 0 Å². The molecular formula is C15H12O4. The van der Waals surface area contributed by atoms with E-state index < -0.39 is 5.63 Å². The average Bonchev–Trinajstić information content (AvgIpc) is 2.67. The molecule has 0 bridgehead atoms. The Kier molecular flexibility index (Phi) is 2.35. The van der Waals surface area contributed by atoms with Crippen LogP contribution >= 0.6 is 0 Å². The molecule has 0 amide bonds. The topological polar surface area (TPSA) is 60.4 Å². The van der Waals surface area contributed by atoms with E-state index >= 15 is 0 Å². The van der Waals surface area contributed by atoms with Gasteiger partial charge >= 0.3 is 5.63 Å². The van der Waals surface area contributed by atoms with E-state index in [0.29, 0.717) is 27.9 Å². The Bertz CT molecular complexity index is 880. The van der Waals surface area contributed by atoms with Crippen LogP contribution in [0.5, 0.6) is 0 Å². The molecule has 3 rings (SSSR count). The Hall–Kier alpha value is -2.36. The summed E-state index contributed by atoms with van der Waals surface area (Å²) in [6.07, 6.45) is 0. The Morgan fingerprint density at radius 1 is 1.16 bits per heavy atom. The average molecular weight is 256 g/mol. The summed E-state index contributed by atoms with van der Waals surface area (Å²) in [4.78, 5) is 23.1. The van der Waals surface area contributed by atoms with E-state index in [1.54, 1.807) is 13.0 Å². The zero-order chi connectivity index (χ0) is 13.7. The van der Waals surface area contributed by atoms with Crippen molar-refractivity contribution in [3.05, 3.63) is 45.5 Å². The molecule has 96 valence electrons. The molecule has 0 radical (unpaired) electrons. The van der Waals surface area contributed by atoms with Gasteiger partial charge in [0.05, 0.1) is 5.39 Å². The molecule has 4 nitrogen and oxygen atoms in total. The number of rotatable bonds is 1. The standard InChI is InChI=1S/C15H12O4/c1-7-6-12(17)19-15-10(7)4-5-11-13(15)8(2)14(18-11)9(3)16/h4-6H,1-3H3. The first-order valence-corrected chi connectivity index (χ1v) is 5.96. The number of ketones is 1. The van der Waals surface area contributed by atoms with E-state index in [-0.39, 0.29) is 5.78 Å². The summed E-state index contributed by atoms with van der Waals surface area (Å²) in [6, 6.07) is 5.09. The summed E-state index contributed by atoms with van der Waals surface area (Å²) in [7, 11) is 0. The predicted molar refractivity (Wildman–Crippen MR) is 71.7 cm³/mol. The van der Waals surface area contributed by atoms with Crippen LogP contribution < -0.4 is 5.63 Å². The van der Waals surface area contributed by atoms with Crippen molar-refractivity contribution in [3.63, 3.8) is 0 Å². The van der Waals surface area contributed by atoms with Gasteiger partial charge in [-0.05, 0) is 31.5 Å². The van der Waals surface area contributed by atoms with Gasteiger partial charge in [0, 0.05) is 23.9 Å². The lowest BCUT2D eigenvalue weighted by Gasteiger charge is -2.01. The molecule has 4 heteroatoms. The fourth-order valence-electron chi connectivity index (χ4n) is 2.44. The molecule has 0 saturated carbocycles. The highest BCUT2D eigenvalue weighted by molar-refractivity contribution is 6.08. The van der Waals surface area contributed by atoms with E-state index in [0.717, 1.165) is 10.9 Å². The van der Waals surface area contributed by atoms with Crippen molar-refractivity contribution >= 4 is 27.7 Å². The Morgan fingerprint density at radius 2 is 1.89 bits per heavy atom. The van der Waals surface area contributed by atoms with Crippen LogP contribution in [0.3, 0.4) is 0 Å². The van der Waals surface area contributed by atoms with E-state index in [4.69, 9.17) is 8.83 Å². The SMILES string of the molecule is CC(=O)c1oc2ccc3c(C)cc(=O)oc3c2c1C. The molecule has 0 aliphatic carbocycles. The van der Waals surface area contributed by atoms with Gasteiger partial charge in [0.1, 0.15) is 11.2 Å². The fourth-order valence-corrected chi connectivity index (χ4v) is 2.44. The zero-order valence-corrected chi connectivity index (χ0v) is 10.9. The molecule has 0 saturated heterocycles. The van der Waals surface area contributed by atoms with Crippen molar-refractivity contribution < 1.29 is 13.6 Å². The summed E-state index contributed by atoms with van der Waals surface area (Å²) in [6.45, 7) is 5.10. The zero-order valence-electron chi connectivity index (χ0n) is 10.9. The maximum atomic E-state index is 11.5. The molecule has 1 aromatic carbocycles. The van der Waals surface area contributed by atoms with Gasteiger partial charge in [-0.15, -0.1) is 0 Å². The first kappa shape index (κ1) is 11.7. The molecule has 2 heterocycles. The molecular weight excluding hydrogens is 244 g/mol. The van der Waals surface area contributed by atoms with E-state index in [1.807, 2.05) is 13.0 Å². The fraction of sp³-hybridized carbons (Fsp3) is 0.200. The Labute approximate surface area is 108 Å². The molecule has 0 aliphatic rings. The van der Waals surface area contributed by atoms with Gasteiger partial charge in [0.2, 0.25) is 0 Å². The second-order valence-electron chi connectivity index (χ2n) is 4.68. The van der Waals surface area contributed by atoms with Gasteiger partial charge < -0.3 is 8.83 Å². The number of hydrogen-bond acceptors (Lipinski definition) is 4. The third kappa shape index (κ3) is 1.60. The number of furan rings is 1. The van der Waals surface area contributed by atoms with Crippen LogP contribution in [-0.4, -0.2) is 5.78 Å². The number of benzene rings is 1. The lowest BCUT2D eigenvalue weighted by molar-refractivity contribution is 0.0988. The van der Waals surface area contributed by atoms with E-state index in [9.17, 15) is 9.59 Å². The van der Waals surface area contributed by atoms with Crippen molar-refractivity contribution in [1.29, 1.82) is 0 Å². The smallest absolute Gasteiger partial charge is 0.336 e. The minimum Gasteiger partial charge on any atom is -0.453 e. The summed E-state index contributed by atoms with van der Waals surface area (Å²) in [5.41, 5.74) is 2.20. The van der Waals surface area contributed by atoms with Gasteiger partial charge in [-0.2, -0.15) is 0 Å². The molecule has 0 unspecified atom stereocenters. The molecule has 0 atom stereocenters. The van der Waals surface area contributed by atoms with Crippen molar-refractivity contribution in [2.45, 2.75) is 20.8 Å². The summed E-state index contributed by atoms with van der Waals surface area (Å²) in [5, 5.41) is 1.55. The summed E-state index contributed by atoms with van der Waals surface area (Å²) in [5.74, 6) is 0.170. The first-order chi connectivity index (χ1) is 8.99. The second-order valence-corrected chi connectivity index (χ2v) is 4.68. The number of hydrogen-bond donors (Lipinski definition) is 0. The number of aryl methyl sites for hydroxylation is 2. The molecule has 0 fully saturated rings.